The maximum atomic E-state index is 14.0. The predicted molar refractivity (Wildman–Crippen MR) is 116 cm³/mol. The highest BCUT2D eigenvalue weighted by molar-refractivity contribution is 7.10. The number of benzene rings is 2. The van der Waals surface area contributed by atoms with Gasteiger partial charge in [0.1, 0.15) is 11.9 Å². The Kier molecular flexibility index (Phi) is 6.39. The fourth-order valence-electron chi connectivity index (χ4n) is 3.05. The number of hydrogen-bond acceptors (Lipinski definition) is 5. The van der Waals surface area contributed by atoms with E-state index in [4.69, 9.17) is 22.1 Å². The van der Waals surface area contributed by atoms with E-state index >= 15 is 0 Å². The number of aromatic nitrogens is 1. The van der Waals surface area contributed by atoms with Crippen LogP contribution in [0.15, 0.2) is 36.4 Å². The number of nitrogens with one attached hydrogen (secondary N) is 1. The molecule has 0 spiro atoms. The summed E-state index contributed by atoms with van der Waals surface area (Å²) < 4.78 is 23.8. The van der Waals surface area contributed by atoms with Crippen molar-refractivity contribution in [3.05, 3.63) is 64.1 Å². The van der Waals surface area contributed by atoms with Crippen LogP contribution in [-0.4, -0.2) is 10.5 Å². The second-order valence-corrected chi connectivity index (χ2v) is 7.73. The predicted octanol–water partition coefficient (Wildman–Crippen LogP) is 6.37. The van der Waals surface area contributed by atoms with E-state index in [1.165, 1.54) is 12.1 Å². The lowest BCUT2D eigenvalue weighted by Crippen LogP contribution is -2.17. The third-order valence-corrected chi connectivity index (χ3v) is 5.86. The molecule has 1 aromatic heterocycles. The molecule has 8 heteroatoms. The van der Waals surface area contributed by atoms with E-state index in [9.17, 15) is 9.18 Å². The number of nitrogens with zero attached hydrogens (tertiary/aromatic N) is 1. The molecule has 29 heavy (non-hydrogen) atoms. The fraction of sp³-hybridized carbons (Fsp3) is 0.238. The summed E-state index contributed by atoms with van der Waals surface area (Å²) in [6, 6.07) is 10.4. The van der Waals surface area contributed by atoms with Crippen molar-refractivity contribution in [3.63, 3.8) is 0 Å². The molecule has 2 aromatic carbocycles. The number of rotatable bonds is 5. The molecule has 3 N–H and O–H groups in total. The van der Waals surface area contributed by atoms with Gasteiger partial charge in [0.2, 0.25) is 0 Å². The van der Waals surface area contributed by atoms with E-state index in [1.54, 1.807) is 6.92 Å². The van der Waals surface area contributed by atoms with Crippen LogP contribution in [0.5, 0.6) is 0 Å². The molecule has 0 saturated heterocycles. The molecule has 3 aromatic rings. The number of nitrogens with two attached hydrogens (primary N) is 1. The zero-order valence-electron chi connectivity index (χ0n) is 16.3. The summed E-state index contributed by atoms with van der Waals surface area (Å²) in [6.07, 6.45) is -0.219. The Bertz CT molecular complexity index is 1050. The van der Waals surface area contributed by atoms with Gasteiger partial charge in [-0.15, -0.1) is 0 Å². The zero-order valence-corrected chi connectivity index (χ0v) is 17.8. The molecule has 0 aliphatic rings. The van der Waals surface area contributed by atoms with Gasteiger partial charge in [0.25, 0.3) is 0 Å². The Morgan fingerprint density at radius 1 is 1.38 bits per heavy atom. The smallest absolute Gasteiger partial charge is 0.412 e. The van der Waals surface area contributed by atoms with E-state index in [0.29, 0.717) is 21.8 Å². The Balaban J connectivity index is 1.83. The average molecular weight is 434 g/mol. The van der Waals surface area contributed by atoms with Gasteiger partial charge in [-0.25, -0.2) is 9.18 Å². The van der Waals surface area contributed by atoms with Crippen molar-refractivity contribution in [2.75, 3.05) is 11.1 Å². The maximum absolute atomic E-state index is 14.0. The first-order valence-corrected chi connectivity index (χ1v) is 10.2. The molecule has 3 rings (SSSR count). The third-order valence-electron chi connectivity index (χ3n) is 4.58. The molecule has 152 valence electrons. The van der Waals surface area contributed by atoms with Gasteiger partial charge in [0.05, 0.1) is 27.0 Å². The fourth-order valence-corrected chi connectivity index (χ4v) is 4.24. The SMILES string of the molecule is CCc1ccccc1[C@@H](C)OC(=O)Nc1c(C)nsc1-c1cc(F)c(N)cc1Cl. The van der Waals surface area contributed by atoms with E-state index in [1.807, 2.05) is 38.1 Å². The highest BCUT2D eigenvalue weighted by atomic mass is 35.5. The minimum Gasteiger partial charge on any atom is -0.441 e. The second-order valence-electron chi connectivity index (χ2n) is 6.55. The number of nitrogen functional groups attached to an aromatic ring is 1. The third kappa shape index (κ3) is 4.52. The number of anilines is 2. The first-order chi connectivity index (χ1) is 13.8. The molecular weight excluding hydrogens is 413 g/mol. The van der Waals surface area contributed by atoms with Crippen molar-refractivity contribution in [1.82, 2.24) is 4.37 Å². The zero-order chi connectivity index (χ0) is 21.1. The molecule has 0 saturated carbocycles. The van der Waals surface area contributed by atoms with Crippen molar-refractivity contribution in [2.45, 2.75) is 33.3 Å². The monoisotopic (exact) mass is 433 g/mol. The highest BCUT2D eigenvalue weighted by Crippen LogP contribution is 2.40. The number of hydrogen-bond donors (Lipinski definition) is 2. The summed E-state index contributed by atoms with van der Waals surface area (Å²) in [5.74, 6) is -0.589. The number of carbonyl (C=O) groups is 1. The van der Waals surface area contributed by atoms with Crippen LogP contribution in [0.2, 0.25) is 5.02 Å². The maximum Gasteiger partial charge on any atom is 0.412 e. The molecular formula is C21H21ClFN3O2S. The van der Waals surface area contributed by atoms with Gasteiger partial charge in [-0.3, -0.25) is 5.32 Å². The number of halogens is 2. The van der Waals surface area contributed by atoms with Crippen molar-refractivity contribution in [3.8, 4) is 10.4 Å². The number of aryl methyl sites for hydroxylation is 2. The highest BCUT2D eigenvalue weighted by Gasteiger charge is 2.21. The van der Waals surface area contributed by atoms with E-state index in [2.05, 4.69) is 9.69 Å². The van der Waals surface area contributed by atoms with Gasteiger partial charge in [0.15, 0.2) is 0 Å². The molecule has 5 nitrogen and oxygen atoms in total. The van der Waals surface area contributed by atoms with Gasteiger partial charge in [0, 0.05) is 5.56 Å². The first kappa shape index (κ1) is 21.1. The van der Waals surface area contributed by atoms with Crippen LogP contribution in [0.25, 0.3) is 10.4 Å². The Morgan fingerprint density at radius 2 is 2.10 bits per heavy atom. The molecule has 1 heterocycles. The van der Waals surface area contributed by atoms with Crippen molar-refractivity contribution >= 4 is 40.6 Å². The van der Waals surface area contributed by atoms with E-state index < -0.39 is 18.0 Å². The molecule has 0 radical (unpaired) electrons. The normalized spacial score (nSPS) is 11.9. The van der Waals surface area contributed by atoms with Gasteiger partial charge >= 0.3 is 6.09 Å². The first-order valence-electron chi connectivity index (χ1n) is 9.08. The van der Waals surface area contributed by atoms with Crippen molar-refractivity contribution in [2.24, 2.45) is 0 Å². The number of carbonyl (C=O) groups excluding carboxylic acids is 1. The summed E-state index contributed by atoms with van der Waals surface area (Å²) in [7, 11) is 0. The molecule has 1 atom stereocenters. The summed E-state index contributed by atoms with van der Waals surface area (Å²) >= 11 is 7.35. The lowest BCUT2D eigenvalue weighted by atomic mass is 10.0. The summed E-state index contributed by atoms with van der Waals surface area (Å²) in [5, 5.41) is 3.00. The van der Waals surface area contributed by atoms with Crippen LogP contribution in [0.3, 0.4) is 0 Å². The van der Waals surface area contributed by atoms with Gasteiger partial charge in [-0.05, 0) is 55.1 Å². The van der Waals surface area contributed by atoms with Crippen molar-refractivity contribution in [1.29, 1.82) is 0 Å². The minimum absolute atomic E-state index is 0.0441. The molecule has 1 amide bonds. The number of ether oxygens (including phenoxy) is 1. The lowest BCUT2D eigenvalue weighted by molar-refractivity contribution is 0.120. The van der Waals surface area contributed by atoms with Crippen molar-refractivity contribution < 1.29 is 13.9 Å². The van der Waals surface area contributed by atoms with Crippen LogP contribution >= 0.6 is 23.1 Å². The largest absolute Gasteiger partial charge is 0.441 e. The van der Waals surface area contributed by atoms with Crippen LogP contribution in [-0.2, 0) is 11.2 Å². The summed E-state index contributed by atoms with van der Waals surface area (Å²) in [4.78, 5) is 13.1. The van der Waals surface area contributed by atoms with E-state index in [0.717, 1.165) is 29.1 Å². The summed E-state index contributed by atoms with van der Waals surface area (Å²) in [5.41, 5.74) is 9.01. The molecule has 0 bridgehead atoms. The molecule has 0 unspecified atom stereocenters. The molecule has 0 fully saturated rings. The van der Waals surface area contributed by atoms with Crippen LogP contribution in [0.4, 0.5) is 20.6 Å². The molecule has 0 aliphatic heterocycles. The Morgan fingerprint density at radius 3 is 2.83 bits per heavy atom. The molecule has 0 aliphatic carbocycles. The van der Waals surface area contributed by atoms with E-state index in [-0.39, 0.29) is 10.7 Å². The van der Waals surface area contributed by atoms with Gasteiger partial charge in [-0.1, -0.05) is 42.8 Å². The van der Waals surface area contributed by atoms with Gasteiger partial charge < -0.3 is 10.5 Å². The summed E-state index contributed by atoms with van der Waals surface area (Å²) in [6.45, 7) is 5.61. The Labute approximate surface area is 177 Å². The quantitative estimate of drug-likeness (QED) is 0.458. The standard InChI is InChI=1S/C21H21ClFN3O2S/c1-4-13-7-5-6-8-14(13)12(3)28-21(27)25-19-11(2)26-29-20(19)15-9-17(23)18(24)10-16(15)22/h5-10,12H,4,24H2,1-3H3,(H,25,27)/t12-/m1/s1. The second kappa shape index (κ2) is 8.80. The van der Waals surface area contributed by atoms with Crippen LogP contribution < -0.4 is 11.1 Å². The number of amides is 1. The average Bonchev–Trinajstić information content (AvgIpc) is 3.04. The minimum atomic E-state index is -0.625. The lowest BCUT2D eigenvalue weighted by Gasteiger charge is -2.17. The Hall–Kier alpha value is -2.64. The van der Waals surface area contributed by atoms with Crippen LogP contribution in [0, 0.1) is 12.7 Å². The van der Waals surface area contributed by atoms with Gasteiger partial charge in [-0.2, -0.15) is 4.37 Å². The topological polar surface area (TPSA) is 77.2 Å². The van der Waals surface area contributed by atoms with Crippen LogP contribution in [0.1, 0.15) is 36.8 Å².